The number of pyridine rings is 1. The highest BCUT2D eigenvalue weighted by molar-refractivity contribution is 6.23. The van der Waals surface area contributed by atoms with Gasteiger partial charge in [0.15, 0.2) is 0 Å². The zero-order valence-electron chi connectivity index (χ0n) is 12.3. The number of nitro benzene ring substituents is 1. The van der Waals surface area contributed by atoms with E-state index in [9.17, 15) is 29.3 Å². The summed E-state index contributed by atoms with van der Waals surface area (Å²) in [6, 6.07) is 4.12. The number of nitrogens with one attached hydrogen (secondary N) is 1. The number of hydrogen-bond acceptors (Lipinski definition) is 7. The van der Waals surface area contributed by atoms with Crippen molar-refractivity contribution >= 4 is 29.2 Å². The fourth-order valence-electron chi connectivity index (χ4n) is 2.56. The summed E-state index contributed by atoms with van der Waals surface area (Å²) in [7, 11) is 0. The van der Waals surface area contributed by atoms with Crippen molar-refractivity contribution in [3.63, 3.8) is 0 Å². The molecule has 0 bridgehead atoms. The van der Waals surface area contributed by atoms with Gasteiger partial charge in [-0.15, -0.1) is 0 Å². The molecule has 0 unspecified atom stereocenters. The minimum atomic E-state index is -1.02. The monoisotopic (exact) mass is 343 g/mol. The van der Waals surface area contributed by atoms with E-state index in [1.807, 2.05) is 5.32 Å². The van der Waals surface area contributed by atoms with E-state index in [0.29, 0.717) is 0 Å². The normalized spacial score (nSPS) is 12.6. The lowest BCUT2D eigenvalue weighted by Crippen LogP contribution is -2.24. The molecule has 11 nitrogen and oxygen atoms in total. The van der Waals surface area contributed by atoms with E-state index in [1.54, 1.807) is 0 Å². The summed E-state index contributed by atoms with van der Waals surface area (Å²) >= 11 is 0. The average Bonchev–Trinajstić information content (AvgIpc) is 2.81. The number of fused-ring (bicyclic) bond motifs is 1. The maximum atomic E-state index is 12.3. The summed E-state index contributed by atoms with van der Waals surface area (Å²) in [5.74, 6) is -2.91. The number of carbonyl (C=O) groups is 3. The SMILES string of the molecule is NC(=O)c1ccc(-n2c(N)c3c(cc2=O)C(=O)NC3=O)cc1[N+](=O)[O-]. The van der Waals surface area contributed by atoms with Gasteiger partial charge in [0.05, 0.1) is 21.7 Å². The molecule has 11 heteroatoms. The zero-order valence-corrected chi connectivity index (χ0v) is 12.3. The van der Waals surface area contributed by atoms with Crippen molar-refractivity contribution in [2.75, 3.05) is 5.73 Å². The van der Waals surface area contributed by atoms with Gasteiger partial charge in [-0.3, -0.25) is 39.2 Å². The van der Waals surface area contributed by atoms with Crippen LogP contribution in [0.15, 0.2) is 29.1 Å². The van der Waals surface area contributed by atoms with Crippen molar-refractivity contribution in [2.45, 2.75) is 0 Å². The molecule has 0 atom stereocenters. The number of primary amides is 1. The topological polar surface area (TPSA) is 180 Å². The lowest BCUT2D eigenvalue weighted by molar-refractivity contribution is -0.385. The standard InChI is InChI=1S/C14H9N5O6/c15-11-10-7(13(22)17-14(10)23)4-9(20)18(11)5-1-2-6(12(16)21)8(3-5)19(24)25/h1-4H,15H2,(H2,16,21)(H,17,22,23). The number of rotatable bonds is 3. The number of nitrogens with two attached hydrogens (primary N) is 2. The number of nitrogens with zero attached hydrogens (tertiary/aromatic N) is 2. The molecular weight excluding hydrogens is 334 g/mol. The third-order valence-electron chi connectivity index (χ3n) is 3.66. The van der Waals surface area contributed by atoms with Crippen LogP contribution in [0.1, 0.15) is 31.1 Å². The van der Waals surface area contributed by atoms with Gasteiger partial charge in [-0.25, -0.2) is 0 Å². The van der Waals surface area contributed by atoms with Gasteiger partial charge in [-0.1, -0.05) is 0 Å². The van der Waals surface area contributed by atoms with Gasteiger partial charge in [0.2, 0.25) is 0 Å². The number of amides is 3. The molecule has 2 aromatic rings. The highest BCUT2D eigenvalue weighted by Crippen LogP contribution is 2.26. The molecular formula is C14H9N5O6. The lowest BCUT2D eigenvalue weighted by Gasteiger charge is -2.12. The van der Waals surface area contributed by atoms with Crippen molar-refractivity contribution in [2.24, 2.45) is 5.73 Å². The van der Waals surface area contributed by atoms with Crippen LogP contribution in [0.5, 0.6) is 0 Å². The molecule has 3 rings (SSSR count). The molecule has 0 radical (unpaired) electrons. The van der Waals surface area contributed by atoms with Crippen LogP contribution in [0.2, 0.25) is 0 Å². The Balaban J connectivity index is 2.30. The predicted octanol–water partition coefficient (Wildman–Crippen LogP) is -0.690. The molecule has 1 aromatic carbocycles. The van der Waals surface area contributed by atoms with Gasteiger partial charge in [0.25, 0.3) is 29.0 Å². The maximum absolute atomic E-state index is 12.3. The second-order valence-electron chi connectivity index (χ2n) is 5.10. The summed E-state index contributed by atoms with van der Waals surface area (Å²) in [6.45, 7) is 0. The van der Waals surface area contributed by atoms with E-state index < -0.39 is 33.9 Å². The molecule has 0 spiro atoms. The Kier molecular flexibility index (Phi) is 3.34. The van der Waals surface area contributed by atoms with Crippen LogP contribution < -0.4 is 22.3 Å². The van der Waals surface area contributed by atoms with Crippen molar-refractivity contribution < 1.29 is 19.3 Å². The van der Waals surface area contributed by atoms with Crippen molar-refractivity contribution in [1.82, 2.24) is 9.88 Å². The van der Waals surface area contributed by atoms with Gasteiger partial charge in [0, 0.05) is 12.1 Å². The number of nitrogen functional groups attached to an aromatic ring is 1. The first-order valence-corrected chi connectivity index (χ1v) is 6.72. The largest absolute Gasteiger partial charge is 0.384 e. The molecule has 126 valence electrons. The first-order valence-electron chi connectivity index (χ1n) is 6.72. The van der Waals surface area contributed by atoms with Crippen LogP contribution in [0, 0.1) is 10.1 Å². The highest BCUT2D eigenvalue weighted by Gasteiger charge is 2.32. The van der Waals surface area contributed by atoms with E-state index in [2.05, 4.69) is 0 Å². The molecule has 5 N–H and O–H groups in total. The van der Waals surface area contributed by atoms with Crippen LogP contribution in [0.4, 0.5) is 11.5 Å². The number of nitro groups is 1. The Morgan fingerprint density at radius 3 is 2.44 bits per heavy atom. The molecule has 1 aliphatic rings. The number of imide groups is 1. The van der Waals surface area contributed by atoms with E-state index in [-0.39, 0.29) is 28.2 Å². The summed E-state index contributed by atoms with van der Waals surface area (Å²) in [5, 5.41) is 13.1. The minimum Gasteiger partial charge on any atom is -0.384 e. The van der Waals surface area contributed by atoms with Gasteiger partial charge in [0.1, 0.15) is 11.4 Å². The van der Waals surface area contributed by atoms with E-state index in [4.69, 9.17) is 11.5 Å². The Labute approximate surface area is 138 Å². The Morgan fingerprint density at radius 1 is 1.16 bits per heavy atom. The summed E-state index contributed by atoms with van der Waals surface area (Å²) in [4.78, 5) is 57.3. The molecule has 0 fully saturated rings. The van der Waals surface area contributed by atoms with Crippen LogP contribution in [-0.2, 0) is 0 Å². The zero-order chi connectivity index (χ0) is 18.5. The number of benzene rings is 1. The quantitative estimate of drug-likeness (QED) is 0.374. The molecule has 0 aliphatic carbocycles. The van der Waals surface area contributed by atoms with Crippen molar-refractivity contribution in [3.8, 4) is 5.69 Å². The summed E-state index contributed by atoms with van der Waals surface area (Å²) in [6.07, 6.45) is 0. The van der Waals surface area contributed by atoms with Gasteiger partial charge >= 0.3 is 0 Å². The van der Waals surface area contributed by atoms with Gasteiger partial charge in [-0.2, -0.15) is 0 Å². The minimum absolute atomic E-state index is 0.0610. The van der Waals surface area contributed by atoms with Crippen molar-refractivity contribution in [1.29, 1.82) is 0 Å². The molecule has 2 heterocycles. The first-order chi connectivity index (χ1) is 11.7. The molecule has 1 aliphatic heterocycles. The number of hydrogen-bond donors (Lipinski definition) is 3. The first kappa shape index (κ1) is 15.9. The van der Waals surface area contributed by atoms with Gasteiger partial charge < -0.3 is 11.5 Å². The fourth-order valence-corrected chi connectivity index (χ4v) is 2.56. The third kappa shape index (κ3) is 2.30. The van der Waals surface area contributed by atoms with Crippen LogP contribution in [0.25, 0.3) is 5.69 Å². The molecule has 0 saturated carbocycles. The van der Waals surface area contributed by atoms with E-state index in [0.717, 1.165) is 22.8 Å². The lowest BCUT2D eigenvalue weighted by atomic mass is 10.1. The van der Waals surface area contributed by atoms with Crippen LogP contribution >= 0.6 is 0 Å². The summed E-state index contributed by atoms with van der Waals surface area (Å²) in [5.41, 5.74) is 8.72. The molecule has 0 saturated heterocycles. The Bertz CT molecular complexity index is 1050. The highest BCUT2D eigenvalue weighted by atomic mass is 16.6. The average molecular weight is 343 g/mol. The molecule has 3 amide bonds. The third-order valence-corrected chi connectivity index (χ3v) is 3.66. The summed E-state index contributed by atoms with van der Waals surface area (Å²) < 4.78 is 0.828. The van der Waals surface area contributed by atoms with Crippen molar-refractivity contribution in [3.05, 3.63) is 61.4 Å². The Hall–Kier alpha value is -4.02. The molecule has 25 heavy (non-hydrogen) atoms. The number of anilines is 1. The number of aromatic nitrogens is 1. The second kappa shape index (κ2) is 5.26. The fraction of sp³-hybridized carbons (Fsp3) is 0. The smallest absolute Gasteiger partial charge is 0.284 e. The Morgan fingerprint density at radius 2 is 1.84 bits per heavy atom. The number of carbonyl (C=O) groups excluding carboxylic acids is 3. The van der Waals surface area contributed by atoms with E-state index in [1.165, 1.54) is 6.07 Å². The van der Waals surface area contributed by atoms with Gasteiger partial charge in [-0.05, 0) is 12.1 Å². The van der Waals surface area contributed by atoms with Crippen LogP contribution in [-0.4, -0.2) is 27.2 Å². The predicted molar refractivity (Wildman–Crippen MR) is 83.4 cm³/mol. The van der Waals surface area contributed by atoms with Crippen LogP contribution in [0.3, 0.4) is 0 Å². The maximum Gasteiger partial charge on any atom is 0.284 e. The second-order valence-corrected chi connectivity index (χ2v) is 5.10. The van der Waals surface area contributed by atoms with E-state index >= 15 is 0 Å². The molecule has 1 aromatic heterocycles.